The highest BCUT2D eigenvalue weighted by atomic mass is 79.9. The predicted octanol–water partition coefficient (Wildman–Crippen LogP) is 6.11. The first-order valence-corrected chi connectivity index (χ1v) is 8.16. The highest BCUT2D eigenvalue weighted by molar-refractivity contribution is 9.10. The molecule has 0 bridgehead atoms. The maximum Gasteiger partial charge on any atom is 0.0716 e. The molecule has 2 heteroatoms. The zero-order valence-corrected chi connectivity index (χ0v) is 15.4. The highest BCUT2D eigenvalue weighted by Crippen LogP contribution is 2.33. The topological polar surface area (TPSA) is 12.9 Å². The number of pyridine rings is 1. The van der Waals surface area contributed by atoms with Crippen LogP contribution in [0.15, 0.2) is 40.9 Å². The molecule has 1 aromatic carbocycles. The highest BCUT2D eigenvalue weighted by Gasteiger charge is 2.18. The Morgan fingerprint density at radius 2 is 1.52 bits per heavy atom. The second-order valence-electron chi connectivity index (χ2n) is 7.60. The molecule has 0 atom stereocenters. The van der Waals surface area contributed by atoms with Gasteiger partial charge in [-0.2, -0.15) is 0 Å². The lowest BCUT2D eigenvalue weighted by Gasteiger charge is -2.21. The Balaban J connectivity index is 2.57. The maximum absolute atomic E-state index is 4.87. The summed E-state index contributed by atoms with van der Waals surface area (Å²) in [6.07, 6.45) is 0. The second-order valence-corrected chi connectivity index (χ2v) is 8.46. The molecule has 0 saturated heterocycles. The van der Waals surface area contributed by atoms with Crippen molar-refractivity contribution in [2.24, 2.45) is 0 Å². The number of nitrogens with zero attached hydrogens (tertiary/aromatic N) is 1. The van der Waals surface area contributed by atoms with E-state index in [9.17, 15) is 0 Å². The Kier molecular flexibility index (Phi) is 4.30. The van der Waals surface area contributed by atoms with Crippen LogP contribution < -0.4 is 0 Å². The van der Waals surface area contributed by atoms with Crippen molar-refractivity contribution in [3.63, 3.8) is 0 Å². The van der Waals surface area contributed by atoms with Gasteiger partial charge in [-0.05, 0) is 35.2 Å². The molecule has 1 aromatic heterocycles. The van der Waals surface area contributed by atoms with E-state index >= 15 is 0 Å². The summed E-state index contributed by atoms with van der Waals surface area (Å²) >= 11 is 3.67. The largest absolute Gasteiger partial charge is 0.252 e. The van der Waals surface area contributed by atoms with Gasteiger partial charge in [-0.3, -0.25) is 4.98 Å². The molecular weight excluding hydrogens is 322 g/mol. The molecule has 1 heterocycles. The minimum atomic E-state index is 0.0596. The van der Waals surface area contributed by atoms with Crippen molar-refractivity contribution in [3.05, 3.63) is 52.1 Å². The summed E-state index contributed by atoms with van der Waals surface area (Å²) in [5.41, 5.74) is 4.83. The molecule has 2 aromatic rings. The Hall–Kier alpha value is -1.15. The fourth-order valence-corrected chi connectivity index (χ4v) is 2.64. The van der Waals surface area contributed by atoms with Gasteiger partial charge in [0.05, 0.1) is 5.69 Å². The lowest BCUT2D eigenvalue weighted by Crippen LogP contribution is -2.14. The Bertz CT molecular complexity index is 645. The average molecular weight is 346 g/mol. The van der Waals surface area contributed by atoms with Crippen LogP contribution in [0.5, 0.6) is 0 Å². The molecule has 0 aliphatic heterocycles. The van der Waals surface area contributed by atoms with Crippen molar-refractivity contribution in [1.82, 2.24) is 4.98 Å². The molecule has 0 radical (unpaired) electrons. The smallest absolute Gasteiger partial charge is 0.0716 e. The van der Waals surface area contributed by atoms with Gasteiger partial charge in [-0.25, -0.2) is 0 Å². The first-order chi connectivity index (χ1) is 9.59. The van der Waals surface area contributed by atoms with Gasteiger partial charge in [0.2, 0.25) is 0 Å². The standard InChI is InChI=1S/C19H24BrN/c1-18(2,3)13-10-11-15(20)14(12-13)16-8-7-9-17(21-16)19(4,5)6/h7-12H,1-6H3. The number of benzene rings is 1. The fraction of sp³-hybridized carbons (Fsp3) is 0.421. The van der Waals surface area contributed by atoms with Gasteiger partial charge in [-0.1, -0.05) is 69.6 Å². The summed E-state index contributed by atoms with van der Waals surface area (Å²) < 4.78 is 1.09. The molecule has 0 fully saturated rings. The monoisotopic (exact) mass is 345 g/mol. The zero-order valence-electron chi connectivity index (χ0n) is 13.8. The molecule has 0 N–H and O–H groups in total. The lowest BCUT2D eigenvalue weighted by molar-refractivity contribution is 0.569. The molecule has 1 nitrogen and oxygen atoms in total. The van der Waals surface area contributed by atoms with Crippen molar-refractivity contribution in [2.75, 3.05) is 0 Å². The van der Waals surface area contributed by atoms with Crippen LogP contribution in [-0.4, -0.2) is 4.98 Å². The van der Waals surface area contributed by atoms with Gasteiger partial charge >= 0.3 is 0 Å². The zero-order chi connectivity index (χ0) is 15.8. The first kappa shape index (κ1) is 16.2. The molecule has 21 heavy (non-hydrogen) atoms. The fourth-order valence-electron chi connectivity index (χ4n) is 2.19. The van der Waals surface area contributed by atoms with Crippen LogP contribution in [0.2, 0.25) is 0 Å². The van der Waals surface area contributed by atoms with Crippen molar-refractivity contribution in [3.8, 4) is 11.3 Å². The minimum Gasteiger partial charge on any atom is -0.252 e. The summed E-state index contributed by atoms with van der Waals surface area (Å²) in [4.78, 5) is 4.87. The second kappa shape index (κ2) is 5.57. The lowest BCUT2D eigenvalue weighted by atomic mass is 9.85. The predicted molar refractivity (Wildman–Crippen MR) is 94.8 cm³/mol. The number of hydrogen-bond acceptors (Lipinski definition) is 1. The van der Waals surface area contributed by atoms with E-state index in [1.165, 1.54) is 5.56 Å². The van der Waals surface area contributed by atoms with Crippen LogP contribution in [0.25, 0.3) is 11.3 Å². The summed E-state index contributed by atoms with van der Waals surface area (Å²) in [5.74, 6) is 0. The summed E-state index contributed by atoms with van der Waals surface area (Å²) in [5, 5.41) is 0. The summed E-state index contributed by atoms with van der Waals surface area (Å²) in [6.45, 7) is 13.3. The van der Waals surface area contributed by atoms with Crippen LogP contribution in [0, 0.1) is 0 Å². The molecule has 0 saturated carbocycles. The Labute approximate surface area is 136 Å². The van der Waals surface area contributed by atoms with E-state index in [4.69, 9.17) is 4.98 Å². The Morgan fingerprint density at radius 3 is 2.10 bits per heavy atom. The van der Waals surface area contributed by atoms with E-state index in [1.807, 2.05) is 0 Å². The van der Waals surface area contributed by atoms with Crippen LogP contribution in [0.1, 0.15) is 52.8 Å². The van der Waals surface area contributed by atoms with E-state index in [0.29, 0.717) is 0 Å². The molecule has 0 aliphatic carbocycles. The number of halogens is 1. The first-order valence-electron chi connectivity index (χ1n) is 7.37. The molecule has 112 valence electrons. The van der Waals surface area contributed by atoms with Crippen LogP contribution in [0.4, 0.5) is 0 Å². The van der Waals surface area contributed by atoms with E-state index < -0.39 is 0 Å². The average Bonchev–Trinajstić information content (AvgIpc) is 2.37. The third-order valence-corrected chi connectivity index (χ3v) is 4.32. The van der Waals surface area contributed by atoms with Gasteiger partial charge in [0, 0.05) is 21.1 Å². The van der Waals surface area contributed by atoms with Gasteiger partial charge in [0.15, 0.2) is 0 Å². The van der Waals surface area contributed by atoms with Crippen molar-refractivity contribution >= 4 is 15.9 Å². The molecular formula is C19H24BrN. The molecule has 0 spiro atoms. The van der Waals surface area contributed by atoms with Crippen molar-refractivity contribution in [2.45, 2.75) is 52.4 Å². The summed E-state index contributed by atoms with van der Waals surface area (Å²) in [6, 6.07) is 12.8. The van der Waals surface area contributed by atoms with Gasteiger partial charge in [-0.15, -0.1) is 0 Å². The number of rotatable bonds is 1. The quantitative estimate of drug-likeness (QED) is 0.607. The van der Waals surface area contributed by atoms with Crippen molar-refractivity contribution < 1.29 is 0 Å². The van der Waals surface area contributed by atoms with Crippen LogP contribution >= 0.6 is 15.9 Å². The third-order valence-electron chi connectivity index (χ3n) is 3.63. The van der Waals surface area contributed by atoms with Crippen molar-refractivity contribution in [1.29, 1.82) is 0 Å². The Morgan fingerprint density at radius 1 is 0.857 bits per heavy atom. The van der Waals surface area contributed by atoms with Crippen LogP contribution in [-0.2, 0) is 10.8 Å². The maximum atomic E-state index is 4.87. The van der Waals surface area contributed by atoms with E-state index in [-0.39, 0.29) is 10.8 Å². The van der Waals surface area contributed by atoms with Gasteiger partial charge in [0.25, 0.3) is 0 Å². The van der Waals surface area contributed by atoms with Gasteiger partial charge < -0.3 is 0 Å². The SMILES string of the molecule is CC(C)(C)c1ccc(Br)c(-c2cccc(C(C)(C)C)n2)c1. The van der Waals surface area contributed by atoms with E-state index in [1.54, 1.807) is 0 Å². The van der Waals surface area contributed by atoms with Gasteiger partial charge in [0.1, 0.15) is 0 Å². The number of hydrogen-bond donors (Lipinski definition) is 0. The molecule has 0 aliphatic rings. The minimum absolute atomic E-state index is 0.0596. The van der Waals surface area contributed by atoms with E-state index in [2.05, 4.69) is 93.9 Å². The third kappa shape index (κ3) is 3.74. The molecule has 2 rings (SSSR count). The number of aromatic nitrogens is 1. The van der Waals surface area contributed by atoms with E-state index in [0.717, 1.165) is 21.4 Å². The normalized spacial score (nSPS) is 12.5. The summed E-state index contributed by atoms with van der Waals surface area (Å²) in [7, 11) is 0. The molecule has 0 amide bonds. The van der Waals surface area contributed by atoms with Crippen LogP contribution in [0.3, 0.4) is 0 Å². The molecule has 0 unspecified atom stereocenters.